The van der Waals surface area contributed by atoms with Crippen LogP contribution >= 0.6 is 0 Å². The van der Waals surface area contributed by atoms with Gasteiger partial charge in [0.05, 0.1) is 11.4 Å². The molecule has 162 valence electrons. The van der Waals surface area contributed by atoms with Gasteiger partial charge >= 0.3 is 5.97 Å². The number of hydrogen-bond acceptors (Lipinski definition) is 4. The maximum atomic E-state index is 10.6. The van der Waals surface area contributed by atoms with E-state index >= 15 is 0 Å². The van der Waals surface area contributed by atoms with Crippen LogP contribution in [-0.4, -0.2) is 29.2 Å². The fraction of sp³-hybridized carbons (Fsp3) is 0.440. The lowest BCUT2D eigenvalue weighted by Gasteiger charge is -2.12. The Morgan fingerprint density at radius 2 is 1.90 bits per heavy atom. The van der Waals surface area contributed by atoms with Crippen molar-refractivity contribution in [2.45, 2.75) is 58.3 Å². The first-order valence-electron chi connectivity index (χ1n) is 11.0. The Morgan fingerprint density at radius 3 is 2.70 bits per heavy atom. The molecule has 0 spiro atoms. The van der Waals surface area contributed by atoms with Crippen LogP contribution in [0, 0.1) is 0 Å². The number of carboxylic acids is 1. The van der Waals surface area contributed by atoms with Crippen molar-refractivity contribution >= 4 is 17.7 Å². The largest absolute Gasteiger partial charge is 0.492 e. The third kappa shape index (κ3) is 9.59. The highest BCUT2D eigenvalue weighted by atomic mass is 16.5. The molecule has 5 heteroatoms. The van der Waals surface area contributed by atoms with Crippen LogP contribution in [0.4, 0.5) is 5.69 Å². The molecule has 0 atom stereocenters. The van der Waals surface area contributed by atoms with Gasteiger partial charge in [-0.15, -0.1) is 0 Å². The molecular formula is C25H34N2O3. The highest BCUT2D eigenvalue weighted by molar-refractivity contribution is 5.85. The summed E-state index contributed by atoms with van der Waals surface area (Å²) >= 11 is 0. The second-order valence-corrected chi connectivity index (χ2v) is 7.39. The van der Waals surface area contributed by atoms with Crippen molar-refractivity contribution in [1.29, 1.82) is 0 Å². The number of unbranched alkanes of at least 4 members (excludes halogenated alkanes) is 6. The van der Waals surface area contributed by atoms with Gasteiger partial charge in [0.15, 0.2) is 0 Å². The van der Waals surface area contributed by atoms with E-state index in [0.717, 1.165) is 35.2 Å². The Balaban J connectivity index is 1.72. The topological polar surface area (TPSA) is 71.5 Å². The van der Waals surface area contributed by atoms with E-state index in [2.05, 4.69) is 23.3 Å². The van der Waals surface area contributed by atoms with Gasteiger partial charge in [0.25, 0.3) is 0 Å². The van der Waals surface area contributed by atoms with E-state index in [0.29, 0.717) is 13.2 Å². The van der Waals surface area contributed by atoms with E-state index in [1.54, 1.807) is 6.08 Å². The Labute approximate surface area is 180 Å². The standard InChI is InChI=1S/C25H34N2O3/c1-2-3-4-5-6-7-8-13-23-24(14-10-17-26-23)27-18-19-30-22-12-9-11-21(20-22)15-16-25(28)29/h9-12,14-17,20,27H,2-8,13,18-19H2,1H3,(H,28,29). The average molecular weight is 411 g/mol. The van der Waals surface area contributed by atoms with Crippen molar-refractivity contribution in [1.82, 2.24) is 4.98 Å². The molecule has 1 heterocycles. The van der Waals surface area contributed by atoms with Crippen molar-refractivity contribution in [2.75, 3.05) is 18.5 Å². The van der Waals surface area contributed by atoms with Gasteiger partial charge in [0, 0.05) is 18.8 Å². The lowest BCUT2D eigenvalue weighted by Crippen LogP contribution is -2.13. The van der Waals surface area contributed by atoms with E-state index in [1.807, 2.05) is 36.5 Å². The number of pyridine rings is 1. The Morgan fingerprint density at radius 1 is 1.10 bits per heavy atom. The van der Waals surface area contributed by atoms with Crippen LogP contribution in [0.15, 0.2) is 48.7 Å². The number of carboxylic acid groups (broad SMARTS) is 1. The molecular weight excluding hydrogens is 376 g/mol. The van der Waals surface area contributed by atoms with Gasteiger partial charge in [0.2, 0.25) is 0 Å². The van der Waals surface area contributed by atoms with Crippen molar-refractivity contribution < 1.29 is 14.6 Å². The zero-order valence-electron chi connectivity index (χ0n) is 18.0. The summed E-state index contributed by atoms with van der Waals surface area (Å²) in [5, 5.41) is 12.2. The molecule has 2 rings (SSSR count). The molecule has 0 aliphatic heterocycles. The van der Waals surface area contributed by atoms with Crippen LogP contribution in [0.5, 0.6) is 5.75 Å². The first-order valence-corrected chi connectivity index (χ1v) is 11.0. The number of hydrogen-bond donors (Lipinski definition) is 2. The van der Waals surface area contributed by atoms with Gasteiger partial charge in [0.1, 0.15) is 12.4 Å². The van der Waals surface area contributed by atoms with Crippen LogP contribution in [0.1, 0.15) is 63.1 Å². The number of aliphatic carboxylic acids is 1. The average Bonchev–Trinajstić information content (AvgIpc) is 2.76. The smallest absolute Gasteiger partial charge is 0.328 e. The summed E-state index contributed by atoms with van der Waals surface area (Å²) in [6.07, 6.45) is 14.6. The number of benzene rings is 1. The molecule has 0 saturated heterocycles. The summed E-state index contributed by atoms with van der Waals surface area (Å²) in [7, 11) is 0. The molecule has 0 unspecified atom stereocenters. The maximum Gasteiger partial charge on any atom is 0.328 e. The molecule has 0 radical (unpaired) electrons. The fourth-order valence-electron chi connectivity index (χ4n) is 3.28. The van der Waals surface area contributed by atoms with E-state index in [1.165, 1.54) is 44.9 Å². The number of nitrogens with zero attached hydrogens (tertiary/aromatic N) is 1. The number of carbonyl (C=O) groups is 1. The maximum absolute atomic E-state index is 10.6. The molecule has 5 nitrogen and oxygen atoms in total. The number of nitrogens with one attached hydrogen (secondary N) is 1. The summed E-state index contributed by atoms with van der Waals surface area (Å²) < 4.78 is 5.80. The molecule has 1 aromatic heterocycles. The minimum Gasteiger partial charge on any atom is -0.492 e. The predicted molar refractivity (Wildman–Crippen MR) is 123 cm³/mol. The molecule has 0 fully saturated rings. The highest BCUT2D eigenvalue weighted by Crippen LogP contribution is 2.17. The molecule has 0 aliphatic rings. The van der Waals surface area contributed by atoms with Gasteiger partial charge in [-0.1, -0.05) is 57.6 Å². The lowest BCUT2D eigenvalue weighted by atomic mass is 10.1. The van der Waals surface area contributed by atoms with Gasteiger partial charge < -0.3 is 15.2 Å². The monoisotopic (exact) mass is 410 g/mol. The SMILES string of the molecule is CCCCCCCCCc1ncccc1NCCOc1cccc(C=CC(=O)O)c1. The van der Waals surface area contributed by atoms with Crippen LogP contribution < -0.4 is 10.1 Å². The van der Waals surface area contributed by atoms with Crippen molar-refractivity contribution in [2.24, 2.45) is 0 Å². The quantitative estimate of drug-likeness (QED) is 0.280. The normalized spacial score (nSPS) is 11.0. The zero-order chi connectivity index (χ0) is 21.4. The molecule has 2 aromatic rings. The summed E-state index contributed by atoms with van der Waals surface area (Å²) in [5.41, 5.74) is 2.99. The molecule has 30 heavy (non-hydrogen) atoms. The number of aryl methyl sites for hydroxylation is 1. The van der Waals surface area contributed by atoms with E-state index in [9.17, 15) is 4.79 Å². The van der Waals surface area contributed by atoms with E-state index < -0.39 is 5.97 Å². The number of aromatic nitrogens is 1. The van der Waals surface area contributed by atoms with E-state index in [-0.39, 0.29) is 0 Å². The Hall–Kier alpha value is -2.82. The first-order chi connectivity index (χ1) is 14.7. The molecule has 0 saturated carbocycles. The predicted octanol–water partition coefficient (Wildman–Crippen LogP) is 5.96. The molecule has 0 amide bonds. The minimum absolute atomic E-state index is 0.512. The van der Waals surface area contributed by atoms with Gasteiger partial charge in [-0.05, 0) is 48.7 Å². The third-order valence-corrected chi connectivity index (χ3v) is 4.87. The molecule has 2 N–H and O–H groups in total. The molecule has 0 bridgehead atoms. The number of ether oxygens (including phenoxy) is 1. The van der Waals surface area contributed by atoms with Crippen LogP contribution in [-0.2, 0) is 11.2 Å². The third-order valence-electron chi connectivity index (χ3n) is 4.87. The van der Waals surface area contributed by atoms with Gasteiger partial charge in [-0.25, -0.2) is 4.79 Å². The summed E-state index contributed by atoms with van der Waals surface area (Å²) in [4.78, 5) is 15.2. The second-order valence-electron chi connectivity index (χ2n) is 7.39. The summed E-state index contributed by atoms with van der Waals surface area (Å²) in [5.74, 6) is -0.242. The Bertz CT molecular complexity index is 789. The van der Waals surface area contributed by atoms with Crippen molar-refractivity contribution in [3.63, 3.8) is 0 Å². The highest BCUT2D eigenvalue weighted by Gasteiger charge is 2.03. The first kappa shape index (κ1) is 23.5. The lowest BCUT2D eigenvalue weighted by molar-refractivity contribution is -0.131. The van der Waals surface area contributed by atoms with Gasteiger partial charge in [-0.3, -0.25) is 4.98 Å². The molecule has 0 aliphatic carbocycles. The van der Waals surface area contributed by atoms with Crippen LogP contribution in [0.2, 0.25) is 0 Å². The zero-order valence-corrected chi connectivity index (χ0v) is 18.0. The minimum atomic E-state index is -0.964. The number of anilines is 1. The Kier molecular flexibility index (Phi) is 11.1. The van der Waals surface area contributed by atoms with Crippen molar-refractivity contribution in [3.8, 4) is 5.75 Å². The summed E-state index contributed by atoms with van der Waals surface area (Å²) in [6.45, 7) is 3.43. The van der Waals surface area contributed by atoms with Gasteiger partial charge in [-0.2, -0.15) is 0 Å². The number of rotatable bonds is 15. The van der Waals surface area contributed by atoms with E-state index in [4.69, 9.17) is 9.84 Å². The molecule has 1 aromatic carbocycles. The fourth-order valence-corrected chi connectivity index (χ4v) is 3.28. The van der Waals surface area contributed by atoms with Crippen molar-refractivity contribution in [3.05, 3.63) is 59.9 Å². The van der Waals surface area contributed by atoms with Crippen LogP contribution in [0.25, 0.3) is 6.08 Å². The second kappa shape index (κ2) is 14.2. The summed E-state index contributed by atoms with van der Waals surface area (Å²) in [6, 6.07) is 11.4. The van der Waals surface area contributed by atoms with Crippen LogP contribution in [0.3, 0.4) is 0 Å².